The summed E-state index contributed by atoms with van der Waals surface area (Å²) in [5.41, 5.74) is 1.14. The molecule has 0 spiro atoms. The monoisotopic (exact) mass is 235 g/mol. The predicted molar refractivity (Wildman–Crippen MR) is 68.8 cm³/mol. The second kappa shape index (κ2) is 6.40. The molecule has 0 aliphatic carbocycles. The molecule has 1 N–H and O–H groups in total. The number of hydrogen-bond donors (Lipinski definition) is 1. The maximum Gasteiger partial charge on any atom is 0.321 e. The van der Waals surface area contributed by atoms with Crippen LogP contribution in [0.25, 0.3) is 0 Å². The highest BCUT2D eigenvalue weighted by Crippen LogP contribution is 2.16. The van der Waals surface area contributed by atoms with Gasteiger partial charge in [-0.1, -0.05) is 50.6 Å². The van der Waals surface area contributed by atoms with Gasteiger partial charge in [0.2, 0.25) is 0 Å². The highest BCUT2D eigenvalue weighted by atomic mass is 16.4. The summed E-state index contributed by atoms with van der Waals surface area (Å²) < 4.78 is 0. The first kappa shape index (κ1) is 13.7. The van der Waals surface area contributed by atoms with Crippen LogP contribution in [0.5, 0.6) is 0 Å². The number of benzene rings is 1. The lowest BCUT2D eigenvalue weighted by molar-refractivity contribution is -0.145. The molecule has 0 fully saturated rings. The summed E-state index contributed by atoms with van der Waals surface area (Å²) in [5, 5.41) is 9.28. The summed E-state index contributed by atoms with van der Waals surface area (Å²) in [6.07, 6.45) is 0.871. The Morgan fingerprint density at radius 2 is 1.94 bits per heavy atom. The van der Waals surface area contributed by atoms with E-state index in [0.717, 1.165) is 12.0 Å². The lowest BCUT2D eigenvalue weighted by Crippen LogP contribution is -2.42. The van der Waals surface area contributed by atoms with Crippen LogP contribution < -0.4 is 0 Å². The molecule has 1 aromatic rings. The van der Waals surface area contributed by atoms with E-state index < -0.39 is 12.0 Å². The SMILES string of the molecule is CC[C@H](C)C(C(=O)O)N(C)Cc1ccccc1. The van der Waals surface area contributed by atoms with Crippen LogP contribution in [0.2, 0.25) is 0 Å². The van der Waals surface area contributed by atoms with E-state index in [1.165, 1.54) is 0 Å². The van der Waals surface area contributed by atoms with E-state index in [9.17, 15) is 9.90 Å². The minimum absolute atomic E-state index is 0.154. The first-order valence-electron chi connectivity index (χ1n) is 6.03. The lowest BCUT2D eigenvalue weighted by atomic mass is 9.97. The lowest BCUT2D eigenvalue weighted by Gasteiger charge is -2.29. The molecule has 0 aliphatic heterocycles. The van der Waals surface area contributed by atoms with Gasteiger partial charge in [-0.05, 0) is 18.5 Å². The van der Waals surface area contributed by atoms with Crippen molar-refractivity contribution in [1.82, 2.24) is 4.90 Å². The van der Waals surface area contributed by atoms with Crippen LogP contribution in [0.4, 0.5) is 0 Å². The van der Waals surface area contributed by atoms with E-state index in [-0.39, 0.29) is 5.92 Å². The molecule has 0 heterocycles. The zero-order valence-corrected chi connectivity index (χ0v) is 10.8. The van der Waals surface area contributed by atoms with Gasteiger partial charge in [0.1, 0.15) is 6.04 Å². The first-order chi connectivity index (χ1) is 8.06. The quantitative estimate of drug-likeness (QED) is 0.824. The van der Waals surface area contributed by atoms with E-state index in [0.29, 0.717) is 6.54 Å². The first-order valence-corrected chi connectivity index (χ1v) is 6.03. The second-order valence-corrected chi connectivity index (χ2v) is 4.57. The van der Waals surface area contributed by atoms with Gasteiger partial charge in [-0.25, -0.2) is 0 Å². The molecule has 1 unspecified atom stereocenters. The van der Waals surface area contributed by atoms with Gasteiger partial charge in [0.05, 0.1) is 0 Å². The molecule has 1 rings (SSSR count). The molecule has 0 saturated carbocycles. The molecule has 0 aliphatic rings. The van der Waals surface area contributed by atoms with Crippen molar-refractivity contribution >= 4 is 5.97 Å². The van der Waals surface area contributed by atoms with Crippen LogP contribution in [-0.4, -0.2) is 29.1 Å². The Balaban J connectivity index is 2.72. The summed E-state index contributed by atoms with van der Waals surface area (Å²) in [5.74, 6) is -0.584. The van der Waals surface area contributed by atoms with Crippen molar-refractivity contribution in [1.29, 1.82) is 0 Å². The number of aliphatic carboxylic acids is 1. The van der Waals surface area contributed by atoms with E-state index in [4.69, 9.17) is 0 Å². The molecule has 3 heteroatoms. The highest BCUT2D eigenvalue weighted by molar-refractivity contribution is 5.73. The van der Waals surface area contributed by atoms with Crippen LogP contribution in [0.15, 0.2) is 30.3 Å². The number of likely N-dealkylation sites (N-methyl/N-ethyl adjacent to an activating group) is 1. The zero-order chi connectivity index (χ0) is 12.8. The van der Waals surface area contributed by atoms with Gasteiger partial charge in [0.15, 0.2) is 0 Å². The smallest absolute Gasteiger partial charge is 0.321 e. The Bertz CT molecular complexity index is 350. The van der Waals surface area contributed by atoms with Crippen LogP contribution in [0, 0.1) is 5.92 Å². The zero-order valence-electron chi connectivity index (χ0n) is 10.8. The Kier molecular flexibility index (Phi) is 5.16. The molecule has 0 aromatic heterocycles. The second-order valence-electron chi connectivity index (χ2n) is 4.57. The maximum absolute atomic E-state index is 11.3. The van der Waals surface area contributed by atoms with Crippen molar-refractivity contribution in [2.24, 2.45) is 5.92 Å². The largest absolute Gasteiger partial charge is 0.480 e. The average Bonchev–Trinajstić information content (AvgIpc) is 2.29. The fourth-order valence-corrected chi connectivity index (χ4v) is 2.06. The van der Waals surface area contributed by atoms with Crippen LogP contribution in [0.3, 0.4) is 0 Å². The van der Waals surface area contributed by atoms with E-state index >= 15 is 0 Å². The number of hydrogen-bond acceptors (Lipinski definition) is 2. The maximum atomic E-state index is 11.3. The number of nitrogens with zero attached hydrogens (tertiary/aromatic N) is 1. The van der Waals surface area contributed by atoms with Crippen LogP contribution in [0.1, 0.15) is 25.8 Å². The van der Waals surface area contributed by atoms with Crippen molar-refractivity contribution in [3.63, 3.8) is 0 Å². The molecule has 0 saturated heterocycles. The third-order valence-electron chi connectivity index (χ3n) is 3.19. The molecule has 1 aromatic carbocycles. The van der Waals surface area contributed by atoms with E-state index in [1.807, 2.05) is 56.1 Å². The molecule has 94 valence electrons. The van der Waals surface area contributed by atoms with E-state index in [2.05, 4.69) is 0 Å². The summed E-state index contributed by atoms with van der Waals surface area (Å²) in [7, 11) is 1.87. The summed E-state index contributed by atoms with van der Waals surface area (Å²) in [6.45, 7) is 4.68. The van der Waals surface area contributed by atoms with Gasteiger partial charge in [-0.2, -0.15) is 0 Å². The summed E-state index contributed by atoms with van der Waals surface area (Å²) >= 11 is 0. The van der Waals surface area contributed by atoms with Crippen molar-refractivity contribution in [2.45, 2.75) is 32.9 Å². The predicted octanol–water partition coefficient (Wildman–Crippen LogP) is 2.62. The van der Waals surface area contributed by atoms with Crippen molar-refractivity contribution in [3.8, 4) is 0 Å². The Labute approximate surface area is 103 Å². The minimum Gasteiger partial charge on any atom is -0.480 e. The summed E-state index contributed by atoms with van der Waals surface area (Å²) in [6, 6.07) is 9.54. The third kappa shape index (κ3) is 3.86. The fraction of sp³-hybridized carbons (Fsp3) is 0.500. The van der Waals surface area contributed by atoms with Gasteiger partial charge in [-0.15, -0.1) is 0 Å². The normalized spacial score (nSPS) is 14.6. The van der Waals surface area contributed by atoms with Gasteiger partial charge >= 0.3 is 5.97 Å². The average molecular weight is 235 g/mol. The molecule has 17 heavy (non-hydrogen) atoms. The molecule has 0 radical (unpaired) electrons. The molecule has 0 amide bonds. The molecule has 3 nitrogen and oxygen atoms in total. The Morgan fingerprint density at radius 3 is 2.41 bits per heavy atom. The topological polar surface area (TPSA) is 40.5 Å². The molecular formula is C14H21NO2. The standard InChI is InChI=1S/C14H21NO2/c1-4-11(2)13(14(16)17)15(3)10-12-8-6-5-7-9-12/h5-9,11,13H,4,10H2,1-3H3,(H,16,17)/t11-,13?/m0/s1. The van der Waals surface area contributed by atoms with Crippen molar-refractivity contribution < 1.29 is 9.90 Å². The number of carboxylic acids is 1. The third-order valence-corrected chi connectivity index (χ3v) is 3.19. The van der Waals surface area contributed by atoms with Crippen molar-refractivity contribution in [3.05, 3.63) is 35.9 Å². The minimum atomic E-state index is -0.738. The highest BCUT2D eigenvalue weighted by Gasteiger charge is 2.27. The van der Waals surface area contributed by atoms with E-state index in [1.54, 1.807) is 0 Å². The molecule has 2 atom stereocenters. The number of carbonyl (C=O) groups is 1. The van der Waals surface area contributed by atoms with Crippen molar-refractivity contribution in [2.75, 3.05) is 7.05 Å². The van der Waals surface area contributed by atoms with Crippen LogP contribution in [-0.2, 0) is 11.3 Å². The van der Waals surface area contributed by atoms with Gasteiger partial charge in [0, 0.05) is 6.54 Å². The number of rotatable bonds is 6. The Morgan fingerprint density at radius 1 is 1.35 bits per heavy atom. The van der Waals surface area contributed by atoms with Gasteiger partial charge in [0.25, 0.3) is 0 Å². The molecule has 0 bridgehead atoms. The summed E-state index contributed by atoms with van der Waals surface area (Å²) in [4.78, 5) is 13.2. The fourth-order valence-electron chi connectivity index (χ4n) is 2.06. The number of carboxylic acid groups (broad SMARTS) is 1. The van der Waals surface area contributed by atoms with Gasteiger partial charge in [-0.3, -0.25) is 9.69 Å². The molecular weight excluding hydrogens is 214 g/mol. The van der Waals surface area contributed by atoms with Crippen LogP contribution >= 0.6 is 0 Å². The van der Waals surface area contributed by atoms with Gasteiger partial charge < -0.3 is 5.11 Å². The Hall–Kier alpha value is -1.35.